The molecule has 66 valence electrons. The van der Waals surface area contributed by atoms with E-state index in [1.807, 2.05) is 0 Å². The molecule has 0 aromatic carbocycles. The summed E-state index contributed by atoms with van der Waals surface area (Å²) in [5.41, 5.74) is 0. The molecule has 1 heterocycles. The number of piperidine rings is 1. The van der Waals surface area contributed by atoms with Gasteiger partial charge in [-0.15, -0.1) is 11.6 Å². The highest BCUT2D eigenvalue weighted by molar-refractivity contribution is 6.18. The van der Waals surface area contributed by atoms with E-state index in [1.54, 1.807) is 0 Å². The Morgan fingerprint density at radius 1 is 1.27 bits per heavy atom. The van der Waals surface area contributed by atoms with Crippen molar-refractivity contribution in [3.05, 3.63) is 0 Å². The molecule has 0 aliphatic carbocycles. The minimum Gasteiger partial charge on any atom is -0.303 e. The van der Waals surface area contributed by atoms with E-state index in [0.717, 1.165) is 5.88 Å². The molecule has 0 N–H and O–H groups in total. The highest BCUT2D eigenvalue weighted by atomic mass is 35.5. The molecule has 1 atom stereocenters. The molecule has 2 heteroatoms. The largest absolute Gasteiger partial charge is 0.303 e. The van der Waals surface area contributed by atoms with Crippen LogP contribution in [0.1, 0.15) is 26.2 Å². The summed E-state index contributed by atoms with van der Waals surface area (Å²) < 4.78 is 0. The van der Waals surface area contributed by atoms with Crippen molar-refractivity contribution in [1.29, 1.82) is 0 Å². The first-order valence-electron chi connectivity index (χ1n) is 4.61. The highest BCUT2D eigenvalue weighted by Crippen LogP contribution is 2.11. The summed E-state index contributed by atoms with van der Waals surface area (Å²) in [5, 5.41) is 0. The van der Waals surface area contributed by atoms with Gasteiger partial charge in [0, 0.05) is 12.4 Å². The number of hydrogen-bond donors (Lipinski definition) is 0. The molecule has 1 nitrogen and oxygen atoms in total. The highest BCUT2D eigenvalue weighted by Gasteiger charge is 2.12. The lowest BCUT2D eigenvalue weighted by molar-refractivity contribution is 0.207. The topological polar surface area (TPSA) is 3.24 Å². The fourth-order valence-electron chi connectivity index (χ4n) is 1.63. The maximum Gasteiger partial charge on any atom is 0.0261 e. The molecular formula is C9H18ClN. The molecule has 0 bridgehead atoms. The Labute approximate surface area is 74.7 Å². The van der Waals surface area contributed by atoms with Crippen LogP contribution in [0.5, 0.6) is 0 Å². The Morgan fingerprint density at radius 3 is 2.45 bits per heavy atom. The van der Waals surface area contributed by atoms with Gasteiger partial charge in [-0.3, -0.25) is 0 Å². The van der Waals surface area contributed by atoms with Gasteiger partial charge in [0.2, 0.25) is 0 Å². The van der Waals surface area contributed by atoms with Crippen LogP contribution < -0.4 is 0 Å². The Kier molecular flexibility index (Phi) is 4.24. The molecule has 0 aromatic rings. The maximum atomic E-state index is 5.74. The number of likely N-dealkylation sites (tertiary alicyclic amines) is 1. The van der Waals surface area contributed by atoms with Crippen molar-refractivity contribution < 1.29 is 0 Å². The van der Waals surface area contributed by atoms with Gasteiger partial charge in [0.05, 0.1) is 0 Å². The minimum atomic E-state index is 0.662. The first kappa shape index (κ1) is 9.34. The molecular weight excluding hydrogens is 158 g/mol. The van der Waals surface area contributed by atoms with E-state index in [4.69, 9.17) is 11.6 Å². The maximum absolute atomic E-state index is 5.74. The van der Waals surface area contributed by atoms with Crippen molar-refractivity contribution >= 4 is 11.6 Å². The molecule has 0 radical (unpaired) electrons. The van der Waals surface area contributed by atoms with Crippen molar-refractivity contribution in [2.45, 2.75) is 26.2 Å². The zero-order valence-corrected chi connectivity index (χ0v) is 8.11. The second-order valence-corrected chi connectivity index (χ2v) is 3.93. The van der Waals surface area contributed by atoms with E-state index in [1.165, 1.54) is 38.9 Å². The van der Waals surface area contributed by atoms with Crippen LogP contribution in [0.25, 0.3) is 0 Å². The van der Waals surface area contributed by atoms with Crippen LogP contribution in [-0.4, -0.2) is 30.4 Å². The molecule has 11 heavy (non-hydrogen) atoms. The van der Waals surface area contributed by atoms with Gasteiger partial charge in [-0.05, 0) is 31.8 Å². The molecule has 0 saturated carbocycles. The fourth-order valence-corrected chi connectivity index (χ4v) is 1.73. The number of nitrogens with zero attached hydrogens (tertiary/aromatic N) is 1. The quantitative estimate of drug-likeness (QED) is 0.596. The van der Waals surface area contributed by atoms with Gasteiger partial charge in [-0.1, -0.05) is 13.3 Å². The van der Waals surface area contributed by atoms with Crippen LogP contribution in [0.15, 0.2) is 0 Å². The minimum absolute atomic E-state index is 0.662. The van der Waals surface area contributed by atoms with Gasteiger partial charge in [-0.2, -0.15) is 0 Å². The van der Waals surface area contributed by atoms with Crippen molar-refractivity contribution in [3.63, 3.8) is 0 Å². The van der Waals surface area contributed by atoms with E-state index in [-0.39, 0.29) is 0 Å². The summed E-state index contributed by atoms with van der Waals surface area (Å²) in [4.78, 5) is 2.54. The molecule has 1 aliphatic heterocycles. The predicted molar refractivity (Wildman–Crippen MR) is 50.2 cm³/mol. The van der Waals surface area contributed by atoms with Crippen LogP contribution >= 0.6 is 11.6 Å². The van der Waals surface area contributed by atoms with Crippen molar-refractivity contribution in [2.24, 2.45) is 5.92 Å². The molecule has 0 amide bonds. The molecule has 0 spiro atoms. The Bertz CT molecular complexity index is 99.7. The molecule has 1 unspecified atom stereocenters. The van der Waals surface area contributed by atoms with Crippen LogP contribution in [0.2, 0.25) is 0 Å². The summed E-state index contributed by atoms with van der Waals surface area (Å²) in [7, 11) is 0. The lowest BCUT2D eigenvalue weighted by atomic mass is 10.1. The summed E-state index contributed by atoms with van der Waals surface area (Å²) >= 11 is 5.74. The van der Waals surface area contributed by atoms with Gasteiger partial charge in [0.25, 0.3) is 0 Å². The normalized spacial score (nSPS) is 23.5. The average molecular weight is 176 g/mol. The van der Waals surface area contributed by atoms with Gasteiger partial charge in [0.1, 0.15) is 0 Å². The molecule has 1 aliphatic rings. The van der Waals surface area contributed by atoms with E-state index < -0.39 is 0 Å². The number of halogens is 1. The van der Waals surface area contributed by atoms with Crippen molar-refractivity contribution in [2.75, 3.05) is 25.5 Å². The standard InChI is InChI=1S/C9H18ClN/c1-9(7-10)8-11-5-3-2-4-6-11/h9H,2-8H2,1H3. The van der Waals surface area contributed by atoms with Crippen LogP contribution in [0, 0.1) is 5.92 Å². The lowest BCUT2D eigenvalue weighted by Gasteiger charge is -2.28. The molecule has 1 fully saturated rings. The molecule has 1 rings (SSSR count). The SMILES string of the molecule is CC(CCl)CN1CCCCC1. The third-order valence-electron chi connectivity index (χ3n) is 2.28. The summed E-state index contributed by atoms with van der Waals surface area (Å²) in [6.45, 7) is 6.01. The van der Waals surface area contributed by atoms with Gasteiger partial charge < -0.3 is 4.90 Å². The second kappa shape index (κ2) is 5.00. The van der Waals surface area contributed by atoms with Crippen LogP contribution in [-0.2, 0) is 0 Å². The fraction of sp³-hybridized carbons (Fsp3) is 1.00. The zero-order valence-electron chi connectivity index (χ0n) is 7.35. The Balaban J connectivity index is 2.13. The van der Waals surface area contributed by atoms with Crippen LogP contribution in [0.4, 0.5) is 0 Å². The second-order valence-electron chi connectivity index (χ2n) is 3.62. The monoisotopic (exact) mass is 175 g/mol. The van der Waals surface area contributed by atoms with Crippen molar-refractivity contribution in [3.8, 4) is 0 Å². The number of hydrogen-bond acceptors (Lipinski definition) is 1. The first-order valence-corrected chi connectivity index (χ1v) is 5.14. The first-order chi connectivity index (χ1) is 5.33. The van der Waals surface area contributed by atoms with E-state index in [0.29, 0.717) is 5.92 Å². The third kappa shape index (κ3) is 3.44. The summed E-state index contributed by atoms with van der Waals surface area (Å²) in [5.74, 6) is 1.46. The molecule has 0 aromatic heterocycles. The Morgan fingerprint density at radius 2 is 1.91 bits per heavy atom. The van der Waals surface area contributed by atoms with Gasteiger partial charge >= 0.3 is 0 Å². The smallest absolute Gasteiger partial charge is 0.0261 e. The van der Waals surface area contributed by atoms with Crippen LogP contribution in [0.3, 0.4) is 0 Å². The number of alkyl halides is 1. The molecule has 1 saturated heterocycles. The predicted octanol–water partition coefficient (Wildman–Crippen LogP) is 2.35. The summed E-state index contributed by atoms with van der Waals surface area (Å²) in [6.07, 6.45) is 4.19. The number of rotatable bonds is 3. The van der Waals surface area contributed by atoms with E-state index in [2.05, 4.69) is 11.8 Å². The average Bonchev–Trinajstić information content (AvgIpc) is 2.06. The van der Waals surface area contributed by atoms with E-state index in [9.17, 15) is 0 Å². The van der Waals surface area contributed by atoms with Gasteiger partial charge in [-0.25, -0.2) is 0 Å². The Hall–Kier alpha value is 0.250. The third-order valence-corrected chi connectivity index (χ3v) is 2.81. The van der Waals surface area contributed by atoms with E-state index >= 15 is 0 Å². The zero-order chi connectivity index (χ0) is 8.10. The summed E-state index contributed by atoms with van der Waals surface area (Å²) in [6, 6.07) is 0. The van der Waals surface area contributed by atoms with Crippen molar-refractivity contribution in [1.82, 2.24) is 4.90 Å². The van der Waals surface area contributed by atoms with Gasteiger partial charge in [0.15, 0.2) is 0 Å². The lowest BCUT2D eigenvalue weighted by Crippen LogP contribution is -2.33.